The molecule has 1 amide bonds. The minimum absolute atomic E-state index is 0.0113. The summed E-state index contributed by atoms with van der Waals surface area (Å²) in [5, 5.41) is 4.12. The molecule has 0 aliphatic carbocycles. The fourth-order valence-corrected chi connectivity index (χ4v) is 3.84. The molecule has 8 heteroatoms. The van der Waals surface area contributed by atoms with Crippen molar-refractivity contribution in [3.05, 3.63) is 60.0 Å². The Kier molecular flexibility index (Phi) is 6.70. The van der Waals surface area contributed by atoms with Crippen LogP contribution in [0.2, 0.25) is 0 Å². The topological polar surface area (TPSA) is 80.9 Å². The number of piperazine rings is 1. The van der Waals surface area contributed by atoms with Crippen LogP contribution in [0.5, 0.6) is 11.5 Å². The van der Waals surface area contributed by atoms with E-state index in [1.165, 1.54) is 0 Å². The number of aromatic nitrogens is 2. The van der Waals surface area contributed by atoms with Gasteiger partial charge in [0.05, 0.1) is 19.8 Å². The van der Waals surface area contributed by atoms with Crippen molar-refractivity contribution in [3.63, 3.8) is 0 Å². The molecule has 0 saturated carbocycles. The van der Waals surface area contributed by atoms with Crippen LogP contribution in [0, 0.1) is 0 Å². The third-order valence-electron chi connectivity index (χ3n) is 5.69. The molecule has 4 rings (SSSR count). The standard InChI is InChI=1S/C24H28N4O4/c1-4-31-20-11-10-19(16-21(20)30-3)24(29)28-14-12-27(13-15-28)17(2)23-25-22(26-32-23)18-8-6-5-7-9-18/h5-11,16-17H,4,12-15H2,1-3H3. The first-order valence-electron chi connectivity index (χ1n) is 10.8. The van der Waals surface area contributed by atoms with Gasteiger partial charge in [-0.1, -0.05) is 35.5 Å². The largest absolute Gasteiger partial charge is 0.493 e. The van der Waals surface area contributed by atoms with Crippen LogP contribution in [0.25, 0.3) is 11.4 Å². The van der Waals surface area contributed by atoms with Crippen molar-refractivity contribution >= 4 is 5.91 Å². The number of methoxy groups -OCH3 is 1. The van der Waals surface area contributed by atoms with Gasteiger partial charge in [-0.15, -0.1) is 0 Å². The molecule has 3 aromatic rings. The van der Waals surface area contributed by atoms with Gasteiger partial charge >= 0.3 is 0 Å². The highest BCUT2D eigenvalue weighted by Crippen LogP contribution is 2.29. The van der Waals surface area contributed by atoms with Crippen LogP contribution >= 0.6 is 0 Å². The minimum Gasteiger partial charge on any atom is -0.493 e. The highest BCUT2D eigenvalue weighted by Gasteiger charge is 2.28. The van der Waals surface area contributed by atoms with Gasteiger partial charge in [-0.3, -0.25) is 9.69 Å². The fourth-order valence-electron chi connectivity index (χ4n) is 3.84. The summed E-state index contributed by atoms with van der Waals surface area (Å²) in [6.45, 7) is 7.20. The summed E-state index contributed by atoms with van der Waals surface area (Å²) in [5.74, 6) is 2.36. The van der Waals surface area contributed by atoms with Gasteiger partial charge in [0.1, 0.15) is 0 Å². The lowest BCUT2D eigenvalue weighted by molar-refractivity contribution is 0.0551. The van der Waals surface area contributed by atoms with Crippen molar-refractivity contribution in [1.29, 1.82) is 0 Å². The molecule has 1 aliphatic rings. The average molecular weight is 437 g/mol. The van der Waals surface area contributed by atoms with E-state index in [2.05, 4.69) is 22.0 Å². The molecule has 8 nitrogen and oxygen atoms in total. The van der Waals surface area contributed by atoms with E-state index in [4.69, 9.17) is 14.0 Å². The number of nitrogens with zero attached hydrogens (tertiary/aromatic N) is 4. The zero-order valence-electron chi connectivity index (χ0n) is 18.7. The van der Waals surface area contributed by atoms with Gasteiger partial charge in [0, 0.05) is 37.3 Å². The number of ether oxygens (including phenoxy) is 2. The van der Waals surface area contributed by atoms with Crippen molar-refractivity contribution in [3.8, 4) is 22.9 Å². The SMILES string of the molecule is CCOc1ccc(C(=O)N2CCN(C(C)c3nc(-c4ccccc4)no3)CC2)cc1OC. The Morgan fingerprint density at radius 3 is 2.53 bits per heavy atom. The zero-order chi connectivity index (χ0) is 22.5. The summed E-state index contributed by atoms with van der Waals surface area (Å²) in [6, 6.07) is 15.1. The number of hydrogen-bond acceptors (Lipinski definition) is 7. The van der Waals surface area contributed by atoms with Gasteiger partial charge in [0.15, 0.2) is 11.5 Å². The number of benzene rings is 2. The number of carbonyl (C=O) groups is 1. The van der Waals surface area contributed by atoms with E-state index in [9.17, 15) is 4.79 Å². The lowest BCUT2D eigenvalue weighted by Crippen LogP contribution is -2.49. The van der Waals surface area contributed by atoms with E-state index in [0.717, 1.165) is 18.7 Å². The van der Waals surface area contributed by atoms with E-state index in [1.807, 2.05) is 42.2 Å². The highest BCUT2D eigenvalue weighted by atomic mass is 16.5. The van der Waals surface area contributed by atoms with Gasteiger partial charge < -0.3 is 18.9 Å². The Hall–Kier alpha value is -3.39. The molecule has 168 valence electrons. The highest BCUT2D eigenvalue weighted by molar-refractivity contribution is 5.95. The Bertz CT molecular complexity index is 1050. The summed E-state index contributed by atoms with van der Waals surface area (Å²) >= 11 is 0. The summed E-state index contributed by atoms with van der Waals surface area (Å²) in [6.07, 6.45) is 0. The molecular weight excluding hydrogens is 408 g/mol. The summed E-state index contributed by atoms with van der Waals surface area (Å²) in [4.78, 5) is 21.7. The van der Waals surface area contributed by atoms with Crippen molar-refractivity contribution in [2.24, 2.45) is 0 Å². The Labute approximate surface area is 187 Å². The van der Waals surface area contributed by atoms with Crippen LogP contribution in [0.15, 0.2) is 53.1 Å². The fraction of sp³-hybridized carbons (Fsp3) is 0.375. The predicted molar refractivity (Wildman–Crippen MR) is 120 cm³/mol. The van der Waals surface area contributed by atoms with E-state index >= 15 is 0 Å². The average Bonchev–Trinajstić information content (AvgIpc) is 3.35. The Balaban J connectivity index is 1.38. The van der Waals surface area contributed by atoms with Crippen LogP contribution in [-0.2, 0) is 0 Å². The van der Waals surface area contributed by atoms with Crippen molar-refractivity contribution in [2.45, 2.75) is 19.9 Å². The molecule has 0 radical (unpaired) electrons. The third kappa shape index (κ3) is 4.60. The van der Waals surface area contributed by atoms with Crippen LogP contribution in [0.3, 0.4) is 0 Å². The maximum atomic E-state index is 13.0. The first kappa shape index (κ1) is 21.8. The second kappa shape index (κ2) is 9.82. The quantitative estimate of drug-likeness (QED) is 0.559. The molecular formula is C24H28N4O4. The molecule has 32 heavy (non-hydrogen) atoms. The second-order valence-electron chi connectivity index (χ2n) is 7.63. The molecule has 0 N–H and O–H groups in total. The number of carbonyl (C=O) groups excluding carboxylic acids is 1. The molecule has 2 heterocycles. The van der Waals surface area contributed by atoms with Gasteiger partial charge in [-0.2, -0.15) is 4.98 Å². The first-order chi connectivity index (χ1) is 15.6. The molecule has 1 aliphatic heterocycles. The minimum atomic E-state index is -0.0252. The van der Waals surface area contributed by atoms with E-state index in [0.29, 0.717) is 48.5 Å². The third-order valence-corrected chi connectivity index (χ3v) is 5.69. The van der Waals surface area contributed by atoms with Gasteiger partial charge in [-0.05, 0) is 32.0 Å². The normalized spacial score (nSPS) is 15.4. The molecule has 1 unspecified atom stereocenters. The van der Waals surface area contributed by atoms with Crippen molar-refractivity contribution in [1.82, 2.24) is 19.9 Å². The van der Waals surface area contributed by atoms with Crippen LogP contribution in [-0.4, -0.2) is 65.7 Å². The molecule has 1 atom stereocenters. The molecule has 0 bridgehead atoms. The van der Waals surface area contributed by atoms with Crippen molar-refractivity contribution in [2.75, 3.05) is 39.9 Å². The molecule has 1 saturated heterocycles. The summed E-state index contributed by atoms with van der Waals surface area (Å²) in [5.41, 5.74) is 1.52. The van der Waals surface area contributed by atoms with Crippen molar-refractivity contribution < 1.29 is 18.8 Å². The van der Waals surface area contributed by atoms with Gasteiger partial charge in [0.2, 0.25) is 11.7 Å². The van der Waals surface area contributed by atoms with Gasteiger partial charge in [-0.25, -0.2) is 0 Å². The number of hydrogen-bond donors (Lipinski definition) is 0. The molecule has 1 fully saturated rings. The zero-order valence-corrected chi connectivity index (χ0v) is 18.7. The van der Waals surface area contributed by atoms with E-state index in [-0.39, 0.29) is 11.9 Å². The monoisotopic (exact) mass is 436 g/mol. The lowest BCUT2D eigenvalue weighted by atomic mass is 10.1. The van der Waals surface area contributed by atoms with Crippen LogP contribution in [0.4, 0.5) is 0 Å². The Morgan fingerprint density at radius 2 is 1.84 bits per heavy atom. The maximum absolute atomic E-state index is 13.0. The molecule has 2 aromatic carbocycles. The molecule has 1 aromatic heterocycles. The van der Waals surface area contributed by atoms with E-state index in [1.54, 1.807) is 25.3 Å². The maximum Gasteiger partial charge on any atom is 0.254 e. The Morgan fingerprint density at radius 1 is 1.09 bits per heavy atom. The van der Waals surface area contributed by atoms with Gasteiger partial charge in [0.25, 0.3) is 5.91 Å². The lowest BCUT2D eigenvalue weighted by Gasteiger charge is -2.36. The smallest absolute Gasteiger partial charge is 0.254 e. The first-order valence-corrected chi connectivity index (χ1v) is 10.8. The summed E-state index contributed by atoms with van der Waals surface area (Å²) < 4.78 is 16.4. The van der Waals surface area contributed by atoms with Crippen LogP contribution in [0.1, 0.15) is 36.1 Å². The predicted octanol–water partition coefficient (Wildman–Crippen LogP) is 3.66. The van der Waals surface area contributed by atoms with E-state index < -0.39 is 0 Å². The number of amides is 1. The summed E-state index contributed by atoms with van der Waals surface area (Å²) in [7, 11) is 1.58. The number of rotatable bonds is 7. The molecule has 0 spiro atoms. The second-order valence-corrected chi connectivity index (χ2v) is 7.63. The van der Waals surface area contributed by atoms with Crippen LogP contribution < -0.4 is 9.47 Å².